The smallest absolute Gasteiger partial charge is 0.271 e. The number of alkyl halides is 8. The van der Waals surface area contributed by atoms with Crippen LogP contribution in [0, 0.1) is 5.82 Å². The topological polar surface area (TPSA) is 253 Å². The molecule has 0 amide bonds. The Hall–Kier alpha value is -9.10. The van der Waals surface area contributed by atoms with E-state index < -0.39 is 82.1 Å². The predicted octanol–water partition coefficient (Wildman–Crippen LogP) is 17.5. The first-order valence-corrected chi connectivity index (χ1v) is 44.0. The zero-order valence-electron chi connectivity index (χ0n) is 61.3. The fourth-order valence-corrected chi connectivity index (χ4v) is 20.7. The van der Waals surface area contributed by atoms with Crippen molar-refractivity contribution in [3.05, 3.63) is 238 Å². The molecular formula is C80H81BrClF9N12O8S4. The highest BCUT2D eigenvalue weighted by molar-refractivity contribution is 9.10. The molecular weight excluding hydrogens is 1670 g/mol. The lowest BCUT2D eigenvalue weighted by molar-refractivity contribution is 0.152. The highest BCUT2D eigenvalue weighted by atomic mass is 79.9. The van der Waals surface area contributed by atoms with Gasteiger partial charge in [0.1, 0.15) is 10.7 Å². The number of rotatable bonds is 20. The van der Waals surface area contributed by atoms with Gasteiger partial charge in [0.05, 0.1) is 36.8 Å². The Balaban J connectivity index is 0.000000134. The maximum Gasteiger partial charge on any atom is 0.271 e. The summed E-state index contributed by atoms with van der Waals surface area (Å²) in [7, 11) is -16.4. The minimum absolute atomic E-state index is 0.0173. The van der Waals surface area contributed by atoms with Gasteiger partial charge in [-0.15, -0.1) is 0 Å². The first-order chi connectivity index (χ1) is 55.1. The molecule has 8 heterocycles. The first-order valence-electron chi connectivity index (χ1n) is 37.0. The molecule has 12 aromatic rings. The number of benzene rings is 8. The average Bonchev–Trinajstić information content (AvgIpc) is 1.62. The van der Waals surface area contributed by atoms with Crippen molar-refractivity contribution >= 4 is 134 Å². The van der Waals surface area contributed by atoms with Gasteiger partial charge in [-0.05, 0) is 225 Å². The molecule has 4 saturated heterocycles. The molecule has 8 aromatic carbocycles. The zero-order chi connectivity index (χ0) is 81.5. The van der Waals surface area contributed by atoms with E-state index in [4.69, 9.17) is 11.6 Å². The number of nitrogens with zero attached hydrogens (tertiary/aromatic N) is 4. The predicted molar refractivity (Wildman–Crippen MR) is 434 cm³/mol. The Morgan fingerprint density at radius 3 is 0.878 bits per heavy atom. The van der Waals surface area contributed by atoms with Crippen LogP contribution in [0.5, 0.6) is 0 Å². The Morgan fingerprint density at radius 2 is 0.591 bits per heavy atom. The van der Waals surface area contributed by atoms with Crippen molar-refractivity contribution in [3.63, 3.8) is 0 Å². The highest BCUT2D eigenvalue weighted by Gasteiger charge is 2.33. The standard InChI is InChI=1S/C20H20BrF2N3O2S.C20H20ClF2N3O2S.C20H20F3N3O2S.C20H21F2N3O2S/c2*21-13-4-6-15(7-5-13)29(27,28)26-12-16(20(22)23)19-17(2-1-3-18(19)26)25-14-8-10-24-11-9-14;21-15-4-1-2-7-18(15)29(27,28)26-12-14(20(22)23)19-16(5-3-6-17(19)26)25-13-8-10-24-11-9-13;21-20(22)16-13-25(28(26,27)15-5-2-1-3-6-15)18-8-4-7-17(19(16)18)24-14-9-11-23-12-10-14/h2*1-7,12,14,20,24-25H,8-11H2;1-7,12-13,20,24-25H,8-11H2;1-8,13-14,20,23-24H,9-12H2. The number of halogens is 11. The second-order valence-corrected chi connectivity index (χ2v) is 36.4. The van der Waals surface area contributed by atoms with Crippen molar-refractivity contribution in [2.24, 2.45) is 0 Å². The van der Waals surface area contributed by atoms with Crippen molar-refractivity contribution < 1.29 is 73.2 Å². The van der Waals surface area contributed by atoms with Gasteiger partial charge in [0.25, 0.3) is 65.8 Å². The van der Waals surface area contributed by atoms with Gasteiger partial charge >= 0.3 is 0 Å². The molecule has 0 spiro atoms. The minimum atomic E-state index is -4.39. The maximum absolute atomic E-state index is 14.2. The van der Waals surface area contributed by atoms with E-state index in [0.717, 1.165) is 161 Å². The summed E-state index contributed by atoms with van der Waals surface area (Å²) < 4.78 is 234. The molecule has 8 N–H and O–H groups in total. The van der Waals surface area contributed by atoms with Crippen LogP contribution in [0.25, 0.3) is 43.6 Å². The summed E-state index contributed by atoms with van der Waals surface area (Å²) in [5.41, 5.74) is 1.55. The van der Waals surface area contributed by atoms with Gasteiger partial charge in [-0.3, -0.25) is 0 Å². The normalized spacial score (nSPS) is 15.9. The molecule has 4 fully saturated rings. The minimum Gasteiger partial charge on any atom is -0.382 e. The average molecular weight is 1750 g/mol. The molecule has 20 nitrogen and oxygen atoms in total. The Morgan fingerprint density at radius 1 is 0.330 bits per heavy atom. The molecule has 16 rings (SSSR count). The number of fused-ring (bicyclic) bond motifs is 4. The second kappa shape index (κ2) is 36.2. The molecule has 4 aliphatic heterocycles. The number of nitrogens with one attached hydrogen (secondary N) is 8. The van der Waals surface area contributed by atoms with Gasteiger partial charge in [0, 0.05) is 125 Å². The van der Waals surface area contributed by atoms with Crippen molar-refractivity contribution in [2.45, 2.75) is 121 Å². The summed E-state index contributed by atoms with van der Waals surface area (Å²) in [6.45, 7) is 6.76. The molecule has 35 heteroatoms. The Labute approximate surface area is 672 Å². The van der Waals surface area contributed by atoms with E-state index in [-0.39, 0.29) is 99.2 Å². The van der Waals surface area contributed by atoms with Gasteiger partial charge < -0.3 is 42.5 Å². The number of aromatic nitrogens is 4. The third kappa shape index (κ3) is 18.4. The summed E-state index contributed by atoms with van der Waals surface area (Å²) in [5, 5.41) is 27.6. The van der Waals surface area contributed by atoms with Crippen LogP contribution in [0.4, 0.5) is 62.3 Å². The second-order valence-electron chi connectivity index (χ2n) is 27.9. The van der Waals surface area contributed by atoms with Crippen molar-refractivity contribution in [1.29, 1.82) is 0 Å². The number of piperidine rings is 4. The van der Waals surface area contributed by atoms with Crippen molar-refractivity contribution in [2.75, 3.05) is 73.6 Å². The molecule has 4 aromatic heterocycles. The fourth-order valence-electron chi connectivity index (χ4n) is 14.7. The van der Waals surface area contributed by atoms with Crippen molar-refractivity contribution in [1.82, 2.24) is 37.2 Å². The lowest BCUT2D eigenvalue weighted by Crippen LogP contribution is -2.35. The summed E-state index contributed by atoms with van der Waals surface area (Å²) in [4.78, 5) is -0.481. The molecule has 610 valence electrons. The zero-order valence-corrected chi connectivity index (χ0v) is 66.9. The summed E-state index contributed by atoms with van der Waals surface area (Å²) in [5.74, 6) is -0.933. The fraction of sp³-hybridized carbons (Fsp3) is 0.300. The monoisotopic (exact) mass is 1750 g/mol. The molecule has 0 aliphatic carbocycles. The third-order valence-electron chi connectivity index (χ3n) is 20.4. The summed E-state index contributed by atoms with van der Waals surface area (Å²) in [6.07, 6.45) is -0.384. The van der Waals surface area contributed by atoms with Crippen LogP contribution in [0.2, 0.25) is 5.02 Å². The Kier molecular flexibility index (Phi) is 26.4. The van der Waals surface area contributed by atoms with E-state index in [0.29, 0.717) is 27.8 Å². The number of hydrogen-bond donors (Lipinski definition) is 8. The van der Waals surface area contributed by atoms with E-state index in [1.807, 2.05) is 0 Å². The first kappa shape index (κ1) is 83.8. The lowest BCUT2D eigenvalue weighted by atomic mass is 10.0. The third-order valence-corrected chi connectivity index (χ3v) is 28.0. The van der Waals surface area contributed by atoms with Crippen LogP contribution in [0.3, 0.4) is 0 Å². The summed E-state index contributed by atoms with van der Waals surface area (Å²) >= 11 is 9.12. The van der Waals surface area contributed by atoms with E-state index in [1.165, 1.54) is 66.7 Å². The molecule has 0 radical (unpaired) electrons. The number of hydrogen-bond acceptors (Lipinski definition) is 16. The van der Waals surface area contributed by atoms with E-state index >= 15 is 0 Å². The van der Waals surface area contributed by atoms with Crippen LogP contribution in [-0.4, -0.2) is 126 Å². The van der Waals surface area contributed by atoms with Gasteiger partial charge in [-0.1, -0.05) is 82.1 Å². The van der Waals surface area contributed by atoms with Crippen LogP contribution < -0.4 is 42.5 Å². The van der Waals surface area contributed by atoms with Gasteiger partial charge in [-0.2, -0.15) is 0 Å². The highest BCUT2D eigenvalue weighted by Crippen LogP contribution is 2.43. The van der Waals surface area contributed by atoms with Gasteiger partial charge in [0.2, 0.25) is 0 Å². The van der Waals surface area contributed by atoms with Gasteiger partial charge in [0.15, 0.2) is 0 Å². The van der Waals surface area contributed by atoms with Crippen LogP contribution in [0.15, 0.2) is 225 Å². The molecule has 0 saturated carbocycles. The van der Waals surface area contributed by atoms with E-state index in [1.54, 1.807) is 97.1 Å². The molecule has 0 bridgehead atoms. The van der Waals surface area contributed by atoms with Gasteiger partial charge in [-0.25, -0.2) is 89.1 Å². The van der Waals surface area contributed by atoms with Crippen molar-refractivity contribution in [3.8, 4) is 0 Å². The van der Waals surface area contributed by atoms with Crippen LogP contribution in [-0.2, 0) is 40.1 Å². The molecule has 115 heavy (non-hydrogen) atoms. The quantitative estimate of drug-likeness (QED) is 0.0330. The SMILES string of the molecule is O=S(=O)(c1ccc(Br)cc1)n1cc(C(F)F)c2c(NC3CCNCC3)cccc21.O=S(=O)(c1ccc(Cl)cc1)n1cc(C(F)F)c2c(NC3CCNCC3)cccc21.O=S(=O)(c1ccccc1)n1cc(C(F)F)c2c(NC3CCNCC3)cccc21.O=S(=O)(c1ccccc1F)n1cc(C(F)F)c2c(NC3CCNCC3)cccc21. The largest absolute Gasteiger partial charge is 0.382 e. The Bertz CT molecular complexity index is 5730. The lowest BCUT2D eigenvalue weighted by Gasteiger charge is -2.25. The van der Waals surface area contributed by atoms with Crippen LogP contribution in [0.1, 0.15) is 99.3 Å². The van der Waals surface area contributed by atoms with E-state index in [9.17, 15) is 73.2 Å². The maximum atomic E-state index is 14.2. The number of anilines is 4. The molecule has 4 aliphatic rings. The van der Waals surface area contributed by atoms with E-state index in [2.05, 4.69) is 58.5 Å². The van der Waals surface area contributed by atoms with Crippen LogP contribution >= 0.6 is 27.5 Å². The molecule has 0 unspecified atom stereocenters. The summed E-state index contributed by atoms with van der Waals surface area (Å²) in [6, 6.07) is 44.7. The molecule has 0 atom stereocenters.